The number of nitrogens with two attached hydrogens (primary N) is 1. The number of carbonyl (C=O) groups is 2. The first-order chi connectivity index (χ1) is 10.1. The average Bonchev–Trinajstić information content (AvgIpc) is 2.90. The molecule has 2 aliphatic heterocycles. The van der Waals surface area contributed by atoms with Crippen LogP contribution in [0.15, 0.2) is 24.3 Å². The number of hydrogen-bond donors (Lipinski definition) is 1. The van der Waals surface area contributed by atoms with Crippen molar-refractivity contribution < 1.29 is 9.59 Å². The van der Waals surface area contributed by atoms with Crippen LogP contribution in [0, 0.1) is 5.92 Å². The highest BCUT2D eigenvalue weighted by Crippen LogP contribution is 2.29. The summed E-state index contributed by atoms with van der Waals surface area (Å²) in [5.74, 6) is -0.0705. The normalized spacial score (nSPS) is 21.2. The van der Waals surface area contributed by atoms with E-state index in [9.17, 15) is 9.59 Å². The van der Waals surface area contributed by atoms with Gasteiger partial charge in [0.1, 0.15) is 0 Å². The van der Waals surface area contributed by atoms with Crippen LogP contribution < -0.4 is 10.6 Å². The molecule has 0 spiro atoms. The van der Waals surface area contributed by atoms with Crippen LogP contribution >= 0.6 is 0 Å². The van der Waals surface area contributed by atoms with E-state index >= 15 is 0 Å². The molecule has 1 aromatic carbocycles. The molecule has 3 rings (SSSR count). The predicted octanol–water partition coefficient (Wildman–Crippen LogP) is 1.76. The number of nitrogens with zero attached hydrogens (tertiary/aromatic N) is 2. The van der Waals surface area contributed by atoms with Gasteiger partial charge in [-0.15, -0.1) is 0 Å². The summed E-state index contributed by atoms with van der Waals surface area (Å²) in [7, 11) is 0. The quantitative estimate of drug-likeness (QED) is 0.900. The standard InChI is InChI=1S/C16H21N3O2/c17-15(20)10-12-4-3-8-18(11-12)16(21)19-9-7-13-5-1-2-6-14(13)19/h1-2,5-6,12H,3-4,7-11H2,(H2,17,20). The lowest BCUT2D eigenvalue weighted by molar-refractivity contribution is -0.119. The van der Waals surface area contributed by atoms with Crippen LogP contribution in [-0.2, 0) is 11.2 Å². The van der Waals surface area contributed by atoms with Crippen molar-refractivity contribution in [3.05, 3.63) is 29.8 Å². The summed E-state index contributed by atoms with van der Waals surface area (Å²) < 4.78 is 0. The van der Waals surface area contributed by atoms with Crippen molar-refractivity contribution in [3.8, 4) is 0 Å². The Kier molecular flexibility index (Phi) is 3.82. The number of benzene rings is 1. The maximum atomic E-state index is 12.7. The molecule has 0 saturated carbocycles. The minimum atomic E-state index is -0.277. The van der Waals surface area contributed by atoms with Crippen molar-refractivity contribution in [3.63, 3.8) is 0 Å². The van der Waals surface area contributed by atoms with Gasteiger partial charge in [0.2, 0.25) is 5.91 Å². The average molecular weight is 287 g/mol. The van der Waals surface area contributed by atoms with Crippen LogP contribution in [0.5, 0.6) is 0 Å². The van der Waals surface area contributed by atoms with E-state index in [1.165, 1.54) is 5.56 Å². The molecule has 1 unspecified atom stereocenters. The van der Waals surface area contributed by atoms with Crippen LogP contribution in [0.4, 0.5) is 10.5 Å². The highest BCUT2D eigenvalue weighted by Gasteiger charge is 2.31. The number of urea groups is 1. The second kappa shape index (κ2) is 5.76. The van der Waals surface area contributed by atoms with E-state index in [0.29, 0.717) is 13.0 Å². The summed E-state index contributed by atoms with van der Waals surface area (Å²) in [4.78, 5) is 27.5. The summed E-state index contributed by atoms with van der Waals surface area (Å²) in [6, 6.07) is 8.13. The van der Waals surface area contributed by atoms with E-state index in [4.69, 9.17) is 5.73 Å². The van der Waals surface area contributed by atoms with Gasteiger partial charge in [-0.3, -0.25) is 9.69 Å². The number of anilines is 1. The van der Waals surface area contributed by atoms with Crippen LogP contribution in [0.25, 0.3) is 0 Å². The Morgan fingerprint density at radius 1 is 1.24 bits per heavy atom. The SMILES string of the molecule is NC(=O)CC1CCCN(C(=O)N2CCc3ccccc32)C1. The Morgan fingerprint density at radius 2 is 2.05 bits per heavy atom. The fourth-order valence-electron chi connectivity index (χ4n) is 3.40. The fraction of sp³-hybridized carbons (Fsp3) is 0.500. The molecule has 21 heavy (non-hydrogen) atoms. The van der Waals surface area contributed by atoms with Gasteiger partial charge in [0, 0.05) is 31.7 Å². The molecular weight excluding hydrogens is 266 g/mol. The van der Waals surface area contributed by atoms with E-state index in [2.05, 4.69) is 6.07 Å². The van der Waals surface area contributed by atoms with Gasteiger partial charge < -0.3 is 10.6 Å². The highest BCUT2D eigenvalue weighted by molar-refractivity contribution is 5.94. The Labute approximate surface area is 124 Å². The molecule has 112 valence electrons. The number of amides is 3. The Hall–Kier alpha value is -2.04. The number of para-hydroxylation sites is 1. The molecule has 0 bridgehead atoms. The summed E-state index contributed by atoms with van der Waals surface area (Å²) in [5.41, 5.74) is 7.54. The zero-order valence-electron chi connectivity index (χ0n) is 12.1. The van der Waals surface area contributed by atoms with Crippen LogP contribution in [0.2, 0.25) is 0 Å². The molecule has 2 N–H and O–H groups in total. The monoisotopic (exact) mass is 287 g/mol. The molecule has 1 saturated heterocycles. The number of carbonyl (C=O) groups excluding carboxylic acids is 2. The first-order valence-electron chi connectivity index (χ1n) is 7.58. The lowest BCUT2D eigenvalue weighted by Gasteiger charge is -2.35. The third kappa shape index (κ3) is 2.86. The molecule has 5 nitrogen and oxygen atoms in total. The van der Waals surface area contributed by atoms with Gasteiger partial charge in [0.25, 0.3) is 0 Å². The van der Waals surface area contributed by atoms with Crippen molar-refractivity contribution >= 4 is 17.6 Å². The van der Waals surface area contributed by atoms with Gasteiger partial charge in [0.05, 0.1) is 0 Å². The lowest BCUT2D eigenvalue weighted by atomic mass is 9.95. The van der Waals surface area contributed by atoms with Gasteiger partial charge in [0.15, 0.2) is 0 Å². The third-order valence-electron chi connectivity index (χ3n) is 4.40. The van der Waals surface area contributed by atoms with Gasteiger partial charge in [-0.1, -0.05) is 18.2 Å². The Morgan fingerprint density at radius 3 is 2.86 bits per heavy atom. The molecule has 2 aliphatic rings. The van der Waals surface area contributed by atoms with Crippen LogP contribution in [0.1, 0.15) is 24.8 Å². The Bertz CT molecular complexity index is 558. The summed E-state index contributed by atoms with van der Waals surface area (Å²) in [5, 5.41) is 0. The van der Waals surface area contributed by atoms with Crippen LogP contribution in [0.3, 0.4) is 0 Å². The molecule has 5 heteroatoms. The number of hydrogen-bond acceptors (Lipinski definition) is 2. The van der Waals surface area contributed by atoms with E-state index in [1.807, 2.05) is 28.0 Å². The number of rotatable bonds is 2. The number of fused-ring (bicyclic) bond motifs is 1. The van der Waals surface area contributed by atoms with Crippen molar-refractivity contribution in [2.75, 3.05) is 24.5 Å². The molecule has 0 radical (unpaired) electrons. The largest absolute Gasteiger partial charge is 0.370 e. The molecule has 1 atom stereocenters. The number of piperidine rings is 1. The maximum absolute atomic E-state index is 12.7. The zero-order chi connectivity index (χ0) is 14.8. The number of primary amides is 1. The second-order valence-electron chi connectivity index (χ2n) is 5.94. The molecule has 3 amide bonds. The predicted molar refractivity (Wildman–Crippen MR) is 81.0 cm³/mol. The van der Waals surface area contributed by atoms with E-state index < -0.39 is 0 Å². The van der Waals surface area contributed by atoms with E-state index in [1.54, 1.807) is 0 Å². The molecule has 0 aliphatic carbocycles. The van der Waals surface area contributed by atoms with Crippen molar-refractivity contribution in [2.24, 2.45) is 11.7 Å². The third-order valence-corrected chi connectivity index (χ3v) is 4.40. The molecule has 1 fully saturated rings. The van der Waals surface area contributed by atoms with E-state index in [0.717, 1.165) is 38.0 Å². The molecule has 1 aromatic rings. The first-order valence-corrected chi connectivity index (χ1v) is 7.58. The minimum Gasteiger partial charge on any atom is -0.370 e. The Balaban J connectivity index is 1.70. The van der Waals surface area contributed by atoms with E-state index in [-0.39, 0.29) is 17.9 Å². The summed E-state index contributed by atoms with van der Waals surface area (Å²) in [6.45, 7) is 2.16. The lowest BCUT2D eigenvalue weighted by Crippen LogP contribution is -2.47. The van der Waals surface area contributed by atoms with Crippen molar-refractivity contribution in [1.29, 1.82) is 0 Å². The van der Waals surface area contributed by atoms with Crippen molar-refractivity contribution in [1.82, 2.24) is 4.90 Å². The van der Waals surface area contributed by atoms with Gasteiger partial charge in [-0.25, -0.2) is 4.79 Å². The van der Waals surface area contributed by atoms with Gasteiger partial charge >= 0.3 is 6.03 Å². The van der Waals surface area contributed by atoms with Crippen LogP contribution in [-0.4, -0.2) is 36.5 Å². The molecular formula is C16H21N3O2. The summed E-state index contributed by atoms with van der Waals surface area (Å²) in [6.07, 6.45) is 3.21. The second-order valence-corrected chi connectivity index (χ2v) is 5.94. The topological polar surface area (TPSA) is 66.6 Å². The minimum absolute atomic E-state index is 0.0640. The molecule has 2 heterocycles. The number of likely N-dealkylation sites (tertiary alicyclic amines) is 1. The first kappa shape index (κ1) is 13.9. The molecule has 0 aromatic heterocycles. The zero-order valence-corrected chi connectivity index (χ0v) is 12.1. The summed E-state index contributed by atoms with van der Waals surface area (Å²) >= 11 is 0. The fourth-order valence-corrected chi connectivity index (χ4v) is 3.40. The smallest absolute Gasteiger partial charge is 0.324 e. The van der Waals surface area contributed by atoms with Gasteiger partial charge in [-0.2, -0.15) is 0 Å². The maximum Gasteiger partial charge on any atom is 0.324 e. The van der Waals surface area contributed by atoms with Crippen molar-refractivity contribution in [2.45, 2.75) is 25.7 Å². The highest BCUT2D eigenvalue weighted by atomic mass is 16.2. The van der Waals surface area contributed by atoms with Gasteiger partial charge in [-0.05, 0) is 36.8 Å².